The van der Waals surface area contributed by atoms with Crippen molar-refractivity contribution >= 4 is 24.1 Å². The van der Waals surface area contributed by atoms with Crippen molar-refractivity contribution in [3.63, 3.8) is 0 Å². The summed E-state index contributed by atoms with van der Waals surface area (Å²) in [6.45, 7) is 0.117. The Bertz CT molecular complexity index is 586. The molecule has 32 heavy (non-hydrogen) atoms. The summed E-state index contributed by atoms with van der Waals surface area (Å²) < 4.78 is 20.3. The van der Waals surface area contributed by atoms with E-state index in [0.717, 1.165) is 63.5 Å². The molecule has 2 amide bonds. The van der Waals surface area contributed by atoms with Gasteiger partial charge in [0, 0.05) is 12.2 Å². The fourth-order valence-corrected chi connectivity index (χ4v) is 3.59. The van der Waals surface area contributed by atoms with Crippen molar-refractivity contribution in [2.45, 2.75) is 76.4 Å². The van der Waals surface area contributed by atoms with E-state index in [-0.39, 0.29) is 38.5 Å². The van der Waals surface area contributed by atoms with Crippen LogP contribution in [0.4, 0.5) is 9.59 Å². The van der Waals surface area contributed by atoms with Gasteiger partial charge in [0.1, 0.15) is 25.4 Å². The summed E-state index contributed by atoms with van der Waals surface area (Å²) in [4.78, 5) is 46.5. The fourth-order valence-electron chi connectivity index (χ4n) is 3.59. The zero-order valence-electron chi connectivity index (χ0n) is 18.5. The van der Waals surface area contributed by atoms with E-state index in [9.17, 15) is 19.2 Å². The van der Waals surface area contributed by atoms with E-state index >= 15 is 0 Å². The highest BCUT2D eigenvalue weighted by atomic mass is 16.6. The normalized spacial score (nSPS) is 17.4. The molecule has 0 heterocycles. The molecule has 10 nitrogen and oxygen atoms in total. The topological polar surface area (TPSA) is 129 Å². The second kappa shape index (κ2) is 15.1. The summed E-state index contributed by atoms with van der Waals surface area (Å²) >= 11 is 0. The van der Waals surface area contributed by atoms with Crippen LogP contribution in [0.3, 0.4) is 0 Å². The van der Waals surface area contributed by atoms with Crippen LogP contribution >= 0.6 is 0 Å². The smallest absolute Gasteiger partial charge is 0.407 e. The van der Waals surface area contributed by atoms with Gasteiger partial charge in [0.2, 0.25) is 0 Å². The quantitative estimate of drug-likeness (QED) is 0.223. The number of hydrogen-bond donors (Lipinski definition) is 2. The van der Waals surface area contributed by atoms with Gasteiger partial charge in [0.05, 0.1) is 13.1 Å². The lowest BCUT2D eigenvalue weighted by Crippen LogP contribution is -2.32. The summed E-state index contributed by atoms with van der Waals surface area (Å²) in [6.07, 6.45) is 10.9. The molecule has 0 aromatic heterocycles. The number of carbonyl (C=O) groups excluding carboxylic acids is 4. The van der Waals surface area contributed by atoms with Crippen molar-refractivity contribution in [2.24, 2.45) is 0 Å². The maximum atomic E-state index is 11.7. The molecule has 0 atom stereocenters. The second-order valence-corrected chi connectivity index (χ2v) is 7.85. The molecule has 2 rings (SSSR count). The molecule has 0 aromatic rings. The van der Waals surface area contributed by atoms with Crippen molar-refractivity contribution in [3.8, 4) is 0 Å². The number of rotatable bonds is 10. The van der Waals surface area contributed by atoms with Crippen LogP contribution in [0, 0.1) is 0 Å². The third-order valence-corrected chi connectivity index (χ3v) is 5.24. The molecule has 2 fully saturated rings. The minimum atomic E-state index is -0.737. The lowest BCUT2D eigenvalue weighted by molar-refractivity contribution is -0.140. The van der Waals surface area contributed by atoms with Crippen LogP contribution in [-0.4, -0.2) is 62.6 Å². The molecular weight excluding hydrogens is 420 g/mol. The van der Waals surface area contributed by atoms with Crippen LogP contribution in [0.2, 0.25) is 0 Å². The summed E-state index contributed by atoms with van der Waals surface area (Å²) in [5.74, 6) is -1.47. The van der Waals surface area contributed by atoms with Gasteiger partial charge in [-0.2, -0.15) is 0 Å². The standard InChI is InChI=1S/C22H34N2O8/c25-19(29-15-13-23-21(27)31-17-7-3-1-4-8-17)11-12-20(26)30-16-14-24-22(28)32-18-9-5-2-6-10-18/h11-12,17-18H,1-10,13-16H2,(H,23,27)(H,24,28)/b12-11+. The monoisotopic (exact) mass is 454 g/mol. The SMILES string of the molecule is O=C(/C=C/C(=O)OCCNC(=O)OC1CCCCC1)OCCNC(=O)OC1CCCCC1. The summed E-state index contributed by atoms with van der Waals surface area (Å²) in [7, 11) is 0. The first kappa shape index (κ1) is 25.5. The molecule has 10 heteroatoms. The van der Waals surface area contributed by atoms with E-state index < -0.39 is 24.1 Å². The minimum absolute atomic E-state index is 0.0435. The van der Waals surface area contributed by atoms with Crippen LogP contribution in [0.15, 0.2) is 12.2 Å². The van der Waals surface area contributed by atoms with Crippen molar-refractivity contribution in [3.05, 3.63) is 12.2 Å². The highest BCUT2D eigenvalue weighted by Gasteiger charge is 2.18. The first-order chi connectivity index (χ1) is 15.5. The van der Waals surface area contributed by atoms with Gasteiger partial charge in [-0.25, -0.2) is 19.2 Å². The van der Waals surface area contributed by atoms with Crippen molar-refractivity contribution < 1.29 is 38.1 Å². The number of ether oxygens (including phenoxy) is 4. The number of hydrogen-bond acceptors (Lipinski definition) is 8. The maximum absolute atomic E-state index is 11.7. The van der Waals surface area contributed by atoms with E-state index in [0.29, 0.717) is 0 Å². The third kappa shape index (κ3) is 11.6. The largest absolute Gasteiger partial charge is 0.461 e. The zero-order chi connectivity index (χ0) is 23.0. The van der Waals surface area contributed by atoms with E-state index in [1.807, 2.05) is 0 Å². The highest BCUT2D eigenvalue weighted by molar-refractivity contribution is 5.91. The number of carbonyl (C=O) groups is 4. The second-order valence-electron chi connectivity index (χ2n) is 7.85. The van der Waals surface area contributed by atoms with Gasteiger partial charge in [0.15, 0.2) is 0 Å². The first-order valence-corrected chi connectivity index (χ1v) is 11.4. The summed E-state index contributed by atoms with van der Waals surface area (Å²) in [6, 6.07) is 0. The van der Waals surface area contributed by atoms with Gasteiger partial charge in [0.25, 0.3) is 0 Å². The van der Waals surface area contributed by atoms with Crippen LogP contribution in [-0.2, 0) is 28.5 Å². The lowest BCUT2D eigenvalue weighted by atomic mass is 9.98. The molecule has 2 saturated carbocycles. The minimum Gasteiger partial charge on any atom is -0.461 e. The molecule has 2 N–H and O–H groups in total. The highest BCUT2D eigenvalue weighted by Crippen LogP contribution is 2.20. The van der Waals surface area contributed by atoms with Gasteiger partial charge in [-0.1, -0.05) is 12.8 Å². The number of esters is 2. The molecule has 0 spiro atoms. The average Bonchev–Trinajstić information content (AvgIpc) is 2.79. The molecular formula is C22H34N2O8. The predicted molar refractivity (Wildman–Crippen MR) is 114 cm³/mol. The molecule has 2 aliphatic rings. The first-order valence-electron chi connectivity index (χ1n) is 11.4. The summed E-state index contributed by atoms with van der Waals surface area (Å²) in [5.41, 5.74) is 0. The molecule has 2 aliphatic carbocycles. The Morgan fingerprint density at radius 2 is 1.00 bits per heavy atom. The molecule has 0 aromatic carbocycles. The van der Waals surface area contributed by atoms with E-state index in [1.54, 1.807) is 0 Å². The van der Waals surface area contributed by atoms with Crippen molar-refractivity contribution in [2.75, 3.05) is 26.3 Å². The molecule has 0 radical (unpaired) electrons. The number of nitrogens with one attached hydrogen (secondary N) is 2. The lowest BCUT2D eigenvalue weighted by Gasteiger charge is -2.21. The molecule has 0 saturated heterocycles. The maximum Gasteiger partial charge on any atom is 0.407 e. The fraction of sp³-hybridized carbons (Fsp3) is 0.727. The van der Waals surface area contributed by atoms with Gasteiger partial charge >= 0.3 is 24.1 Å². The average molecular weight is 455 g/mol. The van der Waals surface area contributed by atoms with Gasteiger partial charge in [-0.05, 0) is 51.4 Å². The Labute approximate surface area is 188 Å². The Morgan fingerprint density at radius 1 is 0.625 bits per heavy atom. The Morgan fingerprint density at radius 3 is 1.38 bits per heavy atom. The van der Waals surface area contributed by atoms with Crippen LogP contribution in [0.25, 0.3) is 0 Å². The molecule has 0 bridgehead atoms. The van der Waals surface area contributed by atoms with E-state index in [2.05, 4.69) is 10.6 Å². The van der Waals surface area contributed by atoms with Crippen molar-refractivity contribution in [1.29, 1.82) is 0 Å². The molecule has 180 valence electrons. The Hall–Kier alpha value is -2.78. The van der Waals surface area contributed by atoms with E-state index in [1.165, 1.54) is 12.8 Å². The predicted octanol–water partition coefficient (Wildman–Crippen LogP) is 2.75. The van der Waals surface area contributed by atoms with Gasteiger partial charge in [-0.3, -0.25) is 0 Å². The Kier molecular flexibility index (Phi) is 12.0. The van der Waals surface area contributed by atoms with Crippen molar-refractivity contribution in [1.82, 2.24) is 10.6 Å². The Balaban J connectivity index is 1.45. The van der Waals surface area contributed by atoms with Gasteiger partial charge in [-0.15, -0.1) is 0 Å². The van der Waals surface area contributed by atoms with Crippen LogP contribution in [0.1, 0.15) is 64.2 Å². The third-order valence-electron chi connectivity index (χ3n) is 5.24. The molecule has 0 aliphatic heterocycles. The van der Waals surface area contributed by atoms with Gasteiger partial charge < -0.3 is 29.6 Å². The van der Waals surface area contributed by atoms with E-state index in [4.69, 9.17) is 18.9 Å². The number of amides is 2. The number of alkyl carbamates (subject to hydrolysis) is 2. The zero-order valence-corrected chi connectivity index (χ0v) is 18.5. The summed E-state index contributed by atoms with van der Waals surface area (Å²) in [5, 5.41) is 5.04. The van der Waals surface area contributed by atoms with Crippen LogP contribution < -0.4 is 10.6 Å². The molecule has 0 unspecified atom stereocenters. The van der Waals surface area contributed by atoms with Crippen LogP contribution in [0.5, 0.6) is 0 Å².